The molecule has 3 unspecified atom stereocenters. The van der Waals surface area contributed by atoms with Crippen molar-refractivity contribution in [2.24, 2.45) is 28.4 Å². The quantitative estimate of drug-likeness (QED) is 0.668. The van der Waals surface area contributed by atoms with Crippen molar-refractivity contribution in [3.8, 4) is 0 Å². The van der Waals surface area contributed by atoms with Gasteiger partial charge in [-0.1, -0.05) is 25.5 Å². The number of alkyl halides is 2. The third-order valence-electron chi connectivity index (χ3n) is 8.26. The zero-order chi connectivity index (χ0) is 16.6. The average molecular weight is 325 g/mol. The van der Waals surface area contributed by atoms with Crippen molar-refractivity contribution in [3.05, 3.63) is 11.6 Å². The van der Waals surface area contributed by atoms with Gasteiger partial charge in [-0.2, -0.15) is 0 Å². The van der Waals surface area contributed by atoms with Crippen molar-refractivity contribution >= 4 is 0 Å². The molecule has 3 saturated carbocycles. The number of aliphatic hydroxyl groups excluding tert-OH is 1. The van der Waals surface area contributed by atoms with E-state index in [1.807, 2.05) is 6.92 Å². The number of halogens is 2. The molecular weight excluding hydrogens is 296 g/mol. The number of nitrogens with two attached hydrogens (primary N) is 1. The summed E-state index contributed by atoms with van der Waals surface area (Å²) in [6, 6.07) is -0.455. The summed E-state index contributed by atoms with van der Waals surface area (Å²) in [4.78, 5) is 0. The summed E-state index contributed by atoms with van der Waals surface area (Å²) in [5.74, 6) is -0.0928. The number of hydrogen-bond donors (Lipinski definition) is 2. The number of aliphatic hydroxyl groups is 1. The lowest BCUT2D eigenvalue weighted by atomic mass is 9.46. The first-order valence-corrected chi connectivity index (χ1v) is 9.18. The first-order valence-electron chi connectivity index (χ1n) is 9.18. The maximum absolute atomic E-state index is 16.4. The predicted molar refractivity (Wildman–Crippen MR) is 86.3 cm³/mol. The molecule has 0 radical (unpaired) electrons. The minimum Gasteiger partial charge on any atom is -0.393 e. The van der Waals surface area contributed by atoms with E-state index in [0.29, 0.717) is 44.9 Å². The molecule has 0 aliphatic heterocycles. The van der Waals surface area contributed by atoms with E-state index >= 15 is 4.39 Å². The molecule has 8 atom stereocenters. The van der Waals surface area contributed by atoms with Crippen molar-refractivity contribution in [1.29, 1.82) is 0 Å². The monoisotopic (exact) mass is 325 g/mol. The third-order valence-corrected chi connectivity index (χ3v) is 8.26. The van der Waals surface area contributed by atoms with Crippen LogP contribution in [0, 0.1) is 22.7 Å². The van der Waals surface area contributed by atoms with Crippen LogP contribution in [0.25, 0.3) is 0 Å². The number of hydrogen-bond acceptors (Lipinski definition) is 2. The molecule has 0 bridgehead atoms. The van der Waals surface area contributed by atoms with Gasteiger partial charge >= 0.3 is 0 Å². The molecule has 4 heteroatoms. The Morgan fingerprint density at radius 1 is 1.22 bits per heavy atom. The second kappa shape index (κ2) is 4.78. The molecule has 0 spiro atoms. The average Bonchev–Trinajstić information content (AvgIpc) is 2.73. The van der Waals surface area contributed by atoms with Gasteiger partial charge in [0.05, 0.1) is 6.10 Å². The van der Waals surface area contributed by atoms with Gasteiger partial charge in [0, 0.05) is 17.4 Å². The molecule has 0 aromatic carbocycles. The van der Waals surface area contributed by atoms with Crippen molar-refractivity contribution < 1.29 is 13.9 Å². The molecule has 4 rings (SSSR count). The van der Waals surface area contributed by atoms with Crippen LogP contribution in [0.2, 0.25) is 0 Å². The topological polar surface area (TPSA) is 46.2 Å². The summed E-state index contributed by atoms with van der Waals surface area (Å²) in [5, 5.41) is 9.97. The standard InChI is InChI=1S/C19H29F2NO/c1-17-7-8-19(21)13(14(17)10-15(20)16(17)22)4-3-11-9-12(23)5-6-18(11,19)2/h3,12-16,23H,4-10,22H2,1-2H3/t12?,13-,14-,15?,16?,17-,18-,19-/m0/s1. The Morgan fingerprint density at radius 3 is 2.70 bits per heavy atom. The van der Waals surface area contributed by atoms with E-state index in [4.69, 9.17) is 5.73 Å². The minimum atomic E-state index is -1.27. The molecule has 4 aliphatic carbocycles. The molecule has 0 saturated heterocycles. The third kappa shape index (κ3) is 1.85. The van der Waals surface area contributed by atoms with Gasteiger partial charge < -0.3 is 10.8 Å². The molecule has 3 N–H and O–H groups in total. The smallest absolute Gasteiger partial charge is 0.123 e. The van der Waals surface area contributed by atoms with E-state index in [1.54, 1.807) is 0 Å². The Labute approximate surface area is 137 Å². The van der Waals surface area contributed by atoms with Gasteiger partial charge in [-0.05, 0) is 56.3 Å². The summed E-state index contributed by atoms with van der Waals surface area (Å²) in [5.41, 5.74) is 5.23. The molecule has 0 heterocycles. The highest BCUT2D eigenvalue weighted by Crippen LogP contribution is 2.67. The van der Waals surface area contributed by atoms with Crippen LogP contribution in [-0.2, 0) is 0 Å². The van der Waals surface area contributed by atoms with E-state index in [-0.39, 0.29) is 23.4 Å². The Kier molecular flexibility index (Phi) is 3.33. The lowest BCUT2D eigenvalue weighted by Crippen LogP contribution is -2.61. The second-order valence-electron chi connectivity index (χ2n) is 9.05. The fraction of sp³-hybridized carbons (Fsp3) is 0.895. The Hall–Kier alpha value is -0.480. The Balaban J connectivity index is 1.75. The zero-order valence-electron chi connectivity index (χ0n) is 14.2. The highest BCUT2D eigenvalue weighted by molar-refractivity contribution is 5.31. The number of allylic oxidation sites excluding steroid dienone is 1. The van der Waals surface area contributed by atoms with Crippen LogP contribution in [-0.4, -0.2) is 29.1 Å². The van der Waals surface area contributed by atoms with Crippen LogP contribution in [0.5, 0.6) is 0 Å². The summed E-state index contributed by atoms with van der Waals surface area (Å²) in [7, 11) is 0. The summed E-state index contributed by atoms with van der Waals surface area (Å²) in [6.45, 7) is 4.12. The van der Waals surface area contributed by atoms with Crippen LogP contribution >= 0.6 is 0 Å². The van der Waals surface area contributed by atoms with Crippen molar-refractivity contribution in [2.45, 2.75) is 82.8 Å². The maximum atomic E-state index is 16.4. The SMILES string of the molecule is C[C@]12CCC(O)CC1=CC[C@H]1[C@@H]3CC(F)C(N)[C@@]3(C)CC[C@]12F. The summed E-state index contributed by atoms with van der Waals surface area (Å²) < 4.78 is 30.8. The van der Waals surface area contributed by atoms with Gasteiger partial charge in [-0.25, -0.2) is 8.78 Å². The lowest BCUT2D eigenvalue weighted by Gasteiger charge is -2.60. The van der Waals surface area contributed by atoms with Crippen LogP contribution in [0.4, 0.5) is 8.78 Å². The first-order chi connectivity index (χ1) is 10.7. The Bertz CT molecular complexity index is 551. The van der Waals surface area contributed by atoms with Gasteiger partial charge in [-0.15, -0.1) is 0 Å². The van der Waals surface area contributed by atoms with Crippen LogP contribution in [0.3, 0.4) is 0 Å². The number of rotatable bonds is 0. The van der Waals surface area contributed by atoms with Gasteiger partial charge in [0.2, 0.25) is 0 Å². The van der Waals surface area contributed by atoms with Crippen LogP contribution < -0.4 is 5.73 Å². The highest BCUT2D eigenvalue weighted by Gasteiger charge is 2.67. The number of fused-ring (bicyclic) bond motifs is 5. The fourth-order valence-corrected chi connectivity index (χ4v) is 6.54. The molecule has 130 valence electrons. The zero-order valence-corrected chi connectivity index (χ0v) is 14.2. The molecule has 0 aromatic rings. The molecule has 0 aromatic heterocycles. The summed E-state index contributed by atoms with van der Waals surface area (Å²) >= 11 is 0. The molecule has 0 amide bonds. The van der Waals surface area contributed by atoms with Gasteiger partial charge in [0.1, 0.15) is 11.8 Å². The molecule has 23 heavy (non-hydrogen) atoms. The van der Waals surface area contributed by atoms with E-state index in [0.717, 1.165) is 5.57 Å². The Morgan fingerprint density at radius 2 is 1.96 bits per heavy atom. The molecular formula is C19H29F2NO. The molecule has 2 nitrogen and oxygen atoms in total. The first kappa shape index (κ1) is 16.0. The predicted octanol–water partition coefficient (Wildman–Crippen LogP) is 3.68. The fourth-order valence-electron chi connectivity index (χ4n) is 6.54. The van der Waals surface area contributed by atoms with Crippen LogP contribution in [0.15, 0.2) is 11.6 Å². The van der Waals surface area contributed by atoms with Gasteiger partial charge in [0.25, 0.3) is 0 Å². The minimum absolute atomic E-state index is 0.0349. The van der Waals surface area contributed by atoms with Gasteiger partial charge in [-0.3, -0.25) is 0 Å². The van der Waals surface area contributed by atoms with Crippen molar-refractivity contribution in [3.63, 3.8) is 0 Å². The largest absolute Gasteiger partial charge is 0.393 e. The van der Waals surface area contributed by atoms with Crippen molar-refractivity contribution in [1.82, 2.24) is 0 Å². The highest BCUT2D eigenvalue weighted by atomic mass is 19.1. The van der Waals surface area contributed by atoms with E-state index in [2.05, 4.69) is 13.0 Å². The van der Waals surface area contributed by atoms with Gasteiger partial charge in [0.15, 0.2) is 0 Å². The normalized spacial score (nSPS) is 58.9. The molecule has 4 aliphatic rings. The lowest BCUT2D eigenvalue weighted by molar-refractivity contribution is -0.135. The van der Waals surface area contributed by atoms with Crippen molar-refractivity contribution in [2.75, 3.05) is 0 Å². The second-order valence-corrected chi connectivity index (χ2v) is 9.05. The van der Waals surface area contributed by atoms with E-state index in [1.165, 1.54) is 0 Å². The van der Waals surface area contributed by atoms with Crippen LogP contribution in [0.1, 0.15) is 58.8 Å². The van der Waals surface area contributed by atoms with E-state index in [9.17, 15) is 9.50 Å². The maximum Gasteiger partial charge on any atom is 0.123 e. The molecule has 3 fully saturated rings. The summed E-state index contributed by atoms with van der Waals surface area (Å²) in [6.07, 6.45) is 5.03. The van der Waals surface area contributed by atoms with E-state index < -0.39 is 23.3 Å².